The van der Waals surface area contributed by atoms with Crippen molar-refractivity contribution in [2.75, 3.05) is 11.0 Å². The number of fused-ring (bicyclic) bond motifs is 1. The fourth-order valence-electron chi connectivity index (χ4n) is 3.19. The van der Waals surface area contributed by atoms with Gasteiger partial charge >= 0.3 is 0 Å². The summed E-state index contributed by atoms with van der Waals surface area (Å²) < 4.78 is 25.4. The van der Waals surface area contributed by atoms with Crippen LogP contribution in [-0.2, 0) is 22.9 Å². The van der Waals surface area contributed by atoms with Crippen LogP contribution >= 0.6 is 0 Å². The van der Waals surface area contributed by atoms with Gasteiger partial charge in [0.15, 0.2) is 0 Å². The summed E-state index contributed by atoms with van der Waals surface area (Å²) >= 11 is 0. The zero-order valence-electron chi connectivity index (χ0n) is 14.4. The highest BCUT2D eigenvalue weighted by atomic mass is 32.2. The highest BCUT2D eigenvalue weighted by molar-refractivity contribution is 7.92. The molecule has 2 aromatic carbocycles. The van der Waals surface area contributed by atoms with Crippen molar-refractivity contribution >= 4 is 21.6 Å². The van der Waals surface area contributed by atoms with Crippen LogP contribution in [0.2, 0.25) is 0 Å². The minimum Gasteiger partial charge on any atom is -0.345 e. The van der Waals surface area contributed by atoms with Crippen LogP contribution < -0.4 is 10.0 Å². The van der Waals surface area contributed by atoms with Crippen molar-refractivity contribution in [3.05, 3.63) is 64.7 Å². The molecule has 6 heteroatoms. The van der Waals surface area contributed by atoms with E-state index in [-0.39, 0.29) is 17.6 Å². The Morgan fingerprint density at radius 2 is 1.80 bits per heavy atom. The third kappa shape index (κ3) is 4.20. The van der Waals surface area contributed by atoms with Gasteiger partial charge in [0.25, 0.3) is 5.91 Å². The molecule has 1 atom stereocenters. The average Bonchev–Trinajstić information content (AvgIpc) is 3.01. The monoisotopic (exact) mass is 358 g/mol. The molecule has 5 nitrogen and oxygen atoms in total. The van der Waals surface area contributed by atoms with Gasteiger partial charge in [-0.2, -0.15) is 0 Å². The van der Waals surface area contributed by atoms with E-state index in [9.17, 15) is 13.2 Å². The summed E-state index contributed by atoms with van der Waals surface area (Å²) in [5.41, 5.74) is 4.40. The second-order valence-corrected chi connectivity index (χ2v) is 8.25. The predicted molar refractivity (Wildman–Crippen MR) is 99.3 cm³/mol. The highest BCUT2D eigenvalue weighted by Gasteiger charge is 2.18. The summed E-state index contributed by atoms with van der Waals surface area (Å²) in [7, 11) is -3.45. The quantitative estimate of drug-likeness (QED) is 0.863. The summed E-state index contributed by atoms with van der Waals surface area (Å²) in [5.74, 6) is -0.306. The van der Waals surface area contributed by atoms with E-state index in [0.717, 1.165) is 24.7 Å². The van der Waals surface area contributed by atoms with Crippen LogP contribution in [-0.4, -0.2) is 20.6 Å². The van der Waals surface area contributed by atoms with Crippen molar-refractivity contribution in [2.24, 2.45) is 0 Å². The van der Waals surface area contributed by atoms with Gasteiger partial charge in [-0.1, -0.05) is 30.3 Å². The van der Waals surface area contributed by atoms with E-state index in [2.05, 4.69) is 28.2 Å². The molecule has 2 aromatic rings. The molecule has 0 aromatic heterocycles. The Morgan fingerprint density at radius 1 is 1.08 bits per heavy atom. The van der Waals surface area contributed by atoms with Gasteiger partial charge in [-0.15, -0.1) is 0 Å². The Balaban J connectivity index is 1.78. The first-order valence-electron chi connectivity index (χ1n) is 8.33. The maximum Gasteiger partial charge on any atom is 0.253 e. The summed E-state index contributed by atoms with van der Waals surface area (Å²) in [6.45, 7) is 1.93. The molecular formula is C19H22N2O3S. The Kier molecular flexibility index (Phi) is 4.81. The number of carbonyl (C=O) groups excluding carboxylic acids is 1. The Bertz CT molecular complexity index is 907. The molecule has 3 rings (SSSR count). The van der Waals surface area contributed by atoms with E-state index in [1.165, 1.54) is 17.5 Å². The molecule has 0 spiro atoms. The fraction of sp³-hybridized carbons (Fsp3) is 0.316. The third-order valence-corrected chi connectivity index (χ3v) is 5.03. The minimum atomic E-state index is -3.45. The van der Waals surface area contributed by atoms with Crippen LogP contribution in [0.3, 0.4) is 0 Å². The third-order valence-electron chi connectivity index (χ3n) is 4.44. The van der Waals surface area contributed by atoms with Gasteiger partial charge in [-0.05, 0) is 55.0 Å². The van der Waals surface area contributed by atoms with Crippen molar-refractivity contribution in [3.63, 3.8) is 0 Å². The highest BCUT2D eigenvalue weighted by Crippen LogP contribution is 2.26. The number of hydrogen-bond donors (Lipinski definition) is 2. The first kappa shape index (κ1) is 17.5. The van der Waals surface area contributed by atoms with Gasteiger partial charge in [0.1, 0.15) is 0 Å². The summed E-state index contributed by atoms with van der Waals surface area (Å²) in [6, 6.07) is 12.8. The molecule has 0 saturated heterocycles. The lowest BCUT2D eigenvalue weighted by Crippen LogP contribution is -2.28. The lowest BCUT2D eigenvalue weighted by atomic mass is 10.0. The fourth-order valence-corrected chi connectivity index (χ4v) is 3.77. The lowest BCUT2D eigenvalue weighted by molar-refractivity contribution is 0.0941. The first-order chi connectivity index (χ1) is 11.8. The summed E-state index contributed by atoms with van der Waals surface area (Å²) in [5, 5.41) is 2.96. The first-order valence-corrected chi connectivity index (χ1v) is 10.2. The zero-order valence-corrected chi connectivity index (χ0v) is 15.2. The maximum atomic E-state index is 12.6. The van der Waals surface area contributed by atoms with E-state index in [1.54, 1.807) is 24.3 Å². The standard InChI is InChI=1S/C19H22N2O3S/c1-13(15-11-10-14-6-5-7-16(14)12-15)20-19(22)17-8-3-4-9-18(17)21-25(2,23)24/h3-4,8-13,21H,5-7H2,1-2H3,(H,20,22)/t13-/m0/s1. The van der Waals surface area contributed by atoms with E-state index in [4.69, 9.17) is 0 Å². The van der Waals surface area contributed by atoms with Crippen molar-refractivity contribution in [2.45, 2.75) is 32.2 Å². The molecule has 0 bridgehead atoms. The Morgan fingerprint density at radius 3 is 2.56 bits per heavy atom. The Hall–Kier alpha value is -2.34. The second kappa shape index (κ2) is 6.88. The Labute approximate surface area is 148 Å². The smallest absolute Gasteiger partial charge is 0.253 e. The molecule has 0 fully saturated rings. The normalized spacial score (nSPS) is 14.6. The largest absolute Gasteiger partial charge is 0.345 e. The van der Waals surface area contributed by atoms with Crippen LogP contribution in [0.15, 0.2) is 42.5 Å². The summed E-state index contributed by atoms with van der Waals surface area (Å²) in [6.07, 6.45) is 4.46. The number of sulfonamides is 1. The van der Waals surface area contributed by atoms with Gasteiger partial charge in [0, 0.05) is 0 Å². The molecule has 0 radical (unpaired) electrons. The molecule has 0 saturated carbocycles. The maximum absolute atomic E-state index is 12.6. The van der Waals surface area contributed by atoms with Crippen LogP contribution in [0, 0.1) is 0 Å². The van der Waals surface area contributed by atoms with Crippen molar-refractivity contribution in [3.8, 4) is 0 Å². The predicted octanol–water partition coefficient (Wildman–Crippen LogP) is 3.04. The van der Waals surface area contributed by atoms with Crippen LogP contribution in [0.5, 0.6) is 0 Å². The zero-order chi connectivity index (χ0) is 18.0. The molecule has 2 N–H and O–H groups in total. The molecule has 1 amide bonds. The molecule has 132 valence electrons. The van der Waals surface area contributed by atoms with Crippen LogP contribution in [0.4, 0.5) is 5.69 Å². The number of rotatable bonds is 5. The van der Waals surface area contributed by atoms with E-state index >= 15 is 0 Å². The molecular weight excluding hydrogens is 336 g/mol. The number of nitrogens with one attached hydrogen (secondary N) is 2. The SMILES string of the molecule is C[C@H](NC(=O)c1ccccc1NS(C)(=O)=O)c1ccc2c(c1)CCC2. The lowest BCUT2D eigenvalue weighted by Gasteiger charge is -2.17. The van der Waals surface area contributed by atoms with Crippen LogP contribution in [0.25, 0.3) is 0 Å². The average molecular weight is 358 g/mol. The number of anilines is 1. The number of amides is 1. The van der Waals surface area contributed by atoms with Gasteiger partial charge < -0.3 is 5.32 Å². The number of hydrogen-bond acceptors (Lipinski definition) is 3. The molecule has 1 aliphatic rings. The molecule has 25 heavy (non-hydrogen) atoms. The van der Waals surface area contributed by atoms with Crippen LogP contribution in [0.1, 0.15) is 46.4 Å². The van der Waals surface area contributed by atoms with Gasteiger partial charge in [0.05, 0.1) is 23.5 Å². The molecule has 0 heterocycles. The van der Waals surface area contributed by atoms with Gasteiger partial charge in [-0.3, -0.25) is 9.52 Å². The van der Waals surface area contributed by atoms with Crippen molar-refractivity contribution < 1.29 is 13.2 Å². The topological polar surface area (TPSA) is 75.3 Å². The minimum absolute atomic E-state index is 0.162. The van der Waals surface area contributed by atoms with E-state index < -0.39 is 10.0 Å². The summed E-state index contributed by atoms with van der Waals surface area (Å²) in [4.78, 5) is 12.6. The number of carbonyl (C=O) groups is 1. The number of para-hydroxylation sites is 1. The molecule has 0 aliphatic heterocycles. The van der Waals surface area contributed by atoms with Gasteiger partial charge in [-0.25, -0.2) is 8.42 Å². The molecule has 1 aliphatic carbocycles. The molecule has 0 unspecified atom stereocenters. The van der Waals surface area contributed by atoms with Crippen molar-refractivity contribution in [1.29, 1.82) is 0 Å². The van der Waals surface area contributed by atoms with Crippen molar-refractivity contribution in [1.82, 2.24) is 5.32 Å². The second-order valence-electron chi connectivity index (χ2n) is 6.50. The van der Waals surface area contributed by atoms with E-state index in [1.807, 2.05) is 6.92 Å². The number of benzene rings is 2. The number of aryl methyl sites for hydroxylation is 2. The van der Waals surface area contributed by atoms with E-state index in [0.29, 0.717) is 5.56 Å². The van der Waals surface area contributed by atoms with Gasteiger partial charge in [0.2, 0.25) is 10.0 Å².